The molecular weight excluding hydrogens is 174 g/mol. The van der Waals surface area contributed by atoms with Crippen LogP contribution in [0.25, 0.3) is 0 Å². The van der Waals surface area contributed by atoms with Crippen molar-refractivity contribution in [1.82, 2.24) is 5.32 Å². The highest BCUT2D eigenvalue weighted by Crippen LogP contribution is 2.09. The van der Waals surface area contributed by atoms with Gasteiger partial charge in [0.05, 0.1) is 0 Å². The van der Waals surface area contributed by atoms with E-state index in [1.165, 1.54) is 0 Å². The van der Waals surface area contributed by atoms with Gasteiger partial charge in [0.1, 0.15) is 0 Å². The molecule has 0 saturated heterocycles. The van der Waals surface area contributed by atoms with Gasteiger partial charge in [-0.25, -0.2) is 0 Å². The fraction of sp³-hybridized carbons (Fsp3) is 0.750. The van der Waals surface area contributed by atoms with Crippen LogP contribution in [0.3, 0.4) is 0 Å². The smallest absolute Gasteiger partial charge is 0.247 e. The third-order valence-electron chi connectivity index (χ3n) is 1.75. The summed E-state index contributed by atoms with van der Waals surface area (Å²) in [6, 6.07) is 0. The summed E-state index contributed by atoms with van der Waals surface area (Å²) in [5.41, 5.74) is 0.780. The number of amides is 1. The number of hydrogen-bond donors (Lipinski definition) is 1. The van der Waals surface area contributed by atoms with Crippen LogP contribution in [0.2, 0.25) is 0 Å². The van der Waals surface area contributed by atoms with Crippen molar-refractivity contribution in [3.05, 3.63) is 11.6 Å². The third-order valence-corrected chi connectivity index (χ3v) is 1.75. The number of hydrogen-bond acceptors (Lipinski definition) is 1. The summed E-state index contributed by atoms with van der Waals surface area (Å²) in [5, 5.41) is 2.98. The van der Waals surface area contributed by atoms with Crippen LogP contribution in [-0.2, 0) is 4.79 Å². The molecule has 0 rings (SSSR count). The Bertz CT molecular complexity index is 211. The van der Waals surface area contributed by atoms with Crippen LogP contribution in [0.5, 0.6) is 0 Å². The zero-order valence-electron chi connectivity index (χ0n) is 10.1. The van der Waals surface area contributed by atoms with Gasteiger partial charge in [0.2, 0.25) is 5.91 Å². The van der Waals surface area contributed by atoms with Crippen molar-refractivity contribution in [2.75, 3.05) is 0 Å². The van der Waals surface area contributed by atoms with Gasteiger partial charge in [0, 0.05) is 11.1 Å². The molecule has 1 N–H and O–H groups in total. The molecule has 0 aliphatic rings. The number of carbonyl (C=O) groups is 1. The quantitative estimate of drug-likeness (QED) is 0.690. The number of rotatable bonds is 4. The van der Waals surface area contributed by atoms with E-state index in [1.54, 1.807) is 0 Å². The first-order valence-corrected chi connectivity index (χ1v) is 5.42. The number of nitrogens with one attached hydrogen (secondary N) is 1. The first kappa shape index (κ1) is 13.2. The van der Waals surface area contributed by atoms with Crippen molar-refractivity contribution in [3.63, 3.8) is 0 Å². The van der Waals surface area contributed by atoms with Crippen LogP contribution in [0.4, 0.5) is 0 Å². The lowest BCUT2D eigenvalue weighted by Crippen LogP contribution is -2.41. The van der Waals surface area contributed by atoms with Gasteiger partial charge in [-0.05, 0) is 33.6 Å². The first-order chi connectivity index (χ1) is 6.40. The Kier molecular flexibility index (Phi) is 5.51. The number of allylic oxidation sites excluding steroid dienone is 1. The average Bonchev–Trinajstić information content (AvgIpc) is 2.01. The first-order valence-electron chi connectivity index (χ1n) is 5.42. The van der Waals surface area contributed by atoms with Gasteiger partial charge >= 0.3 is 0 Å². The molecule has 0 bridgehead atoms. The molecule has 82 valence electrons. The molecule has 0 fully saturated rings. The average molecular weight is 197 g/mol. The predicted molar refractivity (Wildman–Crippen MR) is 61.2 cm³/mol. The van der Waals surface area contributed by atoms with Gasteiger partial charge in [-0.2, -0.15) is 0 Å². The van der Waals surface area contributed by atoms with Crippen molar-refractivity contribution < 1.29 is 4.79 Å². The highest BCUT2D eigenvalue weighted by atomic mass is 16.1. The summed E-state index contributed by atoms with van der Waals surface area (Å²) in [4.78, 5) is 11.8. The van der Waals surface area contributed by atoms with Crippen molar-refractivity contribution in [2.45, 2.75) is 59.4 Å². The van der Waals surface area contributed by atoms with E-state index in [2.05, 4.69) is 19.2 Å². The van der Waals surface area contributed by atoms with Gasteiger partial charge in [0.25, 0.3) is 0 Å². The van der Waals surface area contributed by atoms with Crippen LogP contribution in [0, 0.1) is 0 Å². The summed E-state index contributed by atoms with van der Waals surface area (Å²) in [6.07, 6.45) is 4.83. The van der Waals surface area contributed by atoms with Crippen molar-refractivity contribution >= 4 is 5.91 Å². The Hall–Kier alpha value is -0.790. The van der Waals surface area contributed by atoms with Gasteiger partial charge in [-0.1, -0.05) is 26.3 Å². The molecule has 0 radical (unpaired) electrons. The summed E-state index contributed by atoms with van der Waals surface area (Å²) in [6.45, 7) is 10.1. The predicted octanol–water partition coefficient (Wildman–Crippen LogP) is 3.04. The Morgan fingerprint density at radius 3 is 2.21 bits per heavy atom. The van der Waals surface area contributed by atoms with Gasteiger partial charge in [0.15, 0.2) is 0 Å². The molecule has 0 aromatic heterocycles. The molecule has 0 spiro atoms. The molecule has 0 aliphatic carbocycles. The summed E-state index contributed by atoms with van der Waals surface area (Å²) in [7, 11) is 0. The van der Waals surface area contributed by atoms with Crippen molar-refractivity contribution in [3.8, 4) is 0 Å². The van der Waals surface area contributed by atoms with Gasteiger partial charge in [-0.3, -0.25) is 4.79 Å². The minimum atomic E-state index is -0.141. The fourth-order valence-electron chi connectivity index (χ4n) is 1.24. The van der Waals surface area contributed by atoms with Gasteiger partial charge in [-0.15, -0.1) is 0 Å². The fourth-order valence-corrected chi connectivity index (χ4v) is 1.24. The minimum Gasteiger partial charge on any atom is -0.348 e. The van der Waals surface area contributed by atoms with Gasteiger partial charge < -0.3 is 5.32 Å². The maximum absolute atomic E-state index is 11.8. The molecule has 0 heterocycles. The van der Waals surface area contributed by atoms with E-state index < -0.39 is 0 Å². The molecule has 0 saturated carbocycles. The lowest BCUT2D eigenvalue weighted by Gasteiger charge is -2.21. The standard InChI is InChI=1S/C12H23NO/c1-6-8-10(9-7-2)11(14)13-12(3,4)5/h8H,6-7,9H2,1-5H3,(H,13,14)/b10-8+. The molecule has 0 aromatic rings. The molecule has 0 aromatic carbocycles. The van der Waals surface area contributed by atoms with Crippen LogP contribution >= 0.6 is 0 Å². The Morgan fingerprint density at radius 2 is 1.86 bits per heavy atom. The second-order valence-corrected chi connectivity index (χ2v) is 4.59. The Morgan fingerprint density at radius 1 is 1.29 bits per heavy atom. The highest BCUT2D eigenvalue weighted by molar-refractivity contribution is 5.93. The molecule has 0 aliphatic heterocycles. The van der Waals surface area contributed by atoms with E-state index in [4.69, 9.17) is 0 Å². The Balaban J connectivity index is 4.38. The normalized spacial score (nSPS) is 12.8. The zero-order valence-corrected chi connectivity index (χ0v) is 10.1. The molecular formula is C12H23NO. The molecule has 14 heavy (non-hydrogen) atoms. The van der Waals surface area contributed by atoms with Crippen LogP contribution in [0.1, 0.15) is 53.9 Å². The van der Waals surface area contributed by atoms with Crippen molar-refractivity contribution in [1.29, 1.82) is 0 Å². The zero-order chi connectivity index (χ0) is 11.2. The van der Waals surface area contributed by atoms with E-state index in [1.807, 2.05) is 26.8 Å². The number of carbonyl (C=O) groups excluding carboxylic acids is 1. The summed E-state index contributed by atoms with van der Waals surface area (Å²) in [5.74, 6) is 0.0844. The molecule has 0 atom stereocenters. The summed E-state index contributed by atoms with van der Waals surface area (Å²) >= 11 is 0. The summed E-state index contributed by atoms with van der Waals surface area (Å²) < 4.78 is 0. The SMILES string of the molecule is CC/C=C(\CCC)C(=O)NC(C)(C)C. The van der Waals surface area contributed by atoms with E-state index in [-0.39, 0.29) is 11.4 Å². The molecule has 2 nitrogen and oxygen atoms in total. The van der Waals surface area contributed by atoms with E-state index in [9.17, 15) is 4.79 Å². The second kappa shape index (κ2) is 5.84. The van der Waals surface area contributed by atoms with Crippen molar-refractivity contribution in [2.24, 2.45) is 0 Å². The molecule has 0 unspecified atom stereocenters. The molecule has 2 heteroatoms. The molecule has 1 amide bonds. The Labute approximate surface area is 87.8 Å². The van der Waals surface area contributed by atoms with Crippen LogP contribution in [0.15, 0.2) is 11.6 Å². The maximum atomic E-state index is 11.8. The monoisotopic (exact) mass is 197 g/mol. The second-order valence-electron chi connectivity index (χ2n) is 4.59. The topological polar surface area (TPSA) is 29.1 Å². The largest absolute Gasteiger partial charge is 0.348 e. The minimum absolute atomic E-state index is 0.0844. The van der Waals surface area contributed by atoms with E-state index >= 15 is 0 Å². The van der Waals surface area contributed by atoms with Crippen LogP contribution < -0.4 is 5.32 Å². The van der Waals surface area contributed by atoms with E-state index in [0.717, 1.165) is 24.8 Å². The highest BCUT2D eigenvalue weighted by Gasteiger charge is 2.15. The third kappa shape index (κ3) is 5.79. The van der Waals surface area contributed by atoms with E-state index in [0.29, 0.717) is 0 Å². The van der Waals surface area contributed by atoms with Crippen LogP contribution in [-0.4, -0.2) is 11.4 Å². The maximum Gasteiger partial charge on any atom is 0.247 e. The lowest BCUT2D eigenvalue weighted by atomic mass is 10.0. The lowest BCUT2D eigenvalue weighted by molar-refractivity contribution is -0.119.